The summed E-state index contributed by atoms with van der Waals surface area (Å²) in [6.45, 7) is 3.88. The van der Waals surface area contributed by atoms with Gasteiger partial charge in [0.1, 0.15) is 5.75 Å². The van der Waals surface area contributed by atoms with E-state index in [0.29, 0.717) is 5.76 Å². The van der Waals surface area contributed by atoms with Crippen molar-refractivity contribution in [1.29, 1.82) is 0 Å². The Morgan fingerprint density at radius 1 is 1.21 bits per heavy atom. The lowest BCUT2D eigenvalue weighted by Crippen LogP contribution is -2.40. The molecule has 0 fully saturated rings. The SMILES string of the molecule is COc1ccc(C(C)(C)NC(=O)c2ccco2)cc1. The lowest BCUT2D eigenvalue weighted by Gasteiger charge is -2.26. The summed E-state index contributed by atoms with van der Waals surface area (Å²) in [4.78, 5) is 12.0. The average Bonchev–Trinajstić information content (AvgIpc) is 2.92. The molecule has 0 spiro atoms. The molecular formula is C15H17NO3. The first kappa shape index (κ1) is 13.2. The fourth-order valence-electron chi connectivity index (χ4n) is 1.83. The molecule has 2 aromatic rings. The van der Waals surface area contributed by atoms with Crippen LogP contribution in [0, 0.1) is 0 Å². The van der Waals surface area contributed by atoms with Gasteiger partial charge in [0.25, 0.3) is 5.91 Å². The van der Waals surface area contributed by atoms with E-state index in [9.17, 15) is 4.79 Å². The molecule has 0 aliphatic carbocycles. The van der Waals surface area contributed by atoms with Crippen LogP contribution in [0.1, 0.15) is 30.0 Å². The largest absolute Gasteiger partial charge is 0.497 e. The number of hydrogen-bond acceptors (Lipinski definition) is 3. The maximum absolute atomic E-state index is 12.0. The molecule has 4 nitrogen and oxygen atoms in total. The van der Waals surface area contributed by atoms with Gasteiger partial charge in [-0.3, -0.25) is 4.79 Å². The Morgan fingerprint density at radius 2 is 1.89 bits per heavy atom. The minimum Gasteiger partial charge on any atom is -0.497 e. The first-order valence-electron chi connectivity index (χ1n) is 6.03. The van der Waals surface area contributed by atoms with Crippen LogP contribution in [0.3, 0.4) is 0 Å². The molecule has 100 valence electrons. The van der Waals surface area contributed by atoms with Crippen LogP contribution in [0.25, 0.3) is 0 Å². The molecule has 1 aromatic carbocycles. The van der Waals surface area contributed by atoms with Crippen LogP contribution in [0.5, 0.6) is 5.75 Å². The summed E-state index contributed by atoms with van der Waals surface area (Å²) in [6.07, 6.45) is 1.48. The van der Waals surface area contributed by atoms with Gasteiger partial charge in [0.2, 0.25) is 0 Å². The first-order chi connectivity index (χ1) is 9.03. The Hall–Kier alpha value is -2.23. The van der Waals surface area contributed by atoms with Crippen molar-refractivity contribution >= 4 is 5.91 Å². The molecule has 4 heteroatoms. The number of carbonyl (C=O) groups is 1. The zero-order chi connectivity index (χ0) is 13.9. The fourth-order valence-corrected chi connectivity index (χ4v) is 1.83. The molecule has 1 heterocycles. The molecule has 0 saturated carbocycles. The van der Waals surface area contributed by atoms with Gasteiger partial charge in [0.15, 0.2) is 5.76 Å². The van der Waals surface area contributed by atoms with E-state index in [1.807, 2.05) is 38.1 Å². The topological polar surface area (TPSA) is 51.5 Å². The van der Waals surface area contributed by atoms with Crippen LogP contribution in [-0.4, -0.2) is 13.0 Å². The number of hydrogen-bond donors (Lipinski definition) is 1. The normalized spacial score (nSPS) is 11.1. The molecule has 0 unspecified atom stereocenters. The number of rotatable bonds is 4. The van der Waals surface area contributed by atoms with Gasteiger partial charge in [0, 0.05) is 0 Å². The number of methoxy groups -OCH3 is 1. The molecule has 0 aliphatic rings. The quantitative estimate of drug-likeness (QED) is 0.918. The molecule has 1 N–H and O–H groups in total. The lowest BCUT2D eigenvalue weighted by molar-refractivity contribution is 0.0883. The van der Waals surface area contributed by atoms with E-state index in [2.05, 4.69) is 5.32 Å². The number of benzene rings is 1. The van der Waals surface area contributed by atoms with E-state index in [4.69, 9.17) is 9.15 Å². The third-order valence-corrected chi connectivity index (χ3v) is 2.98. The molecule has 19 heavy (non-hydrogen) atoms. The predicted octanol–water partition coefficient (Wildman–Crippen LogP) is 2.95. The number of carbonyl (C=O) groups excluding carboxylic acids is 1. The standard InChI is InChI=1S/C15H17NO3/c1-15(2,11-6-8-12(18-3)9-7-11)16-14(17)13-5-4-10-19-13/h4-10H,1-3H3,(H,16,17). The molecule has 0 bridgehead atoms. The summed E-state index contributed by atoms with van der Waals surface area (Å²) in [5, 5.41) is 2.94. The highest BCUT2D eigenvalue weighted by Gasteiger charge is 2.24. The maximum Gasteiger partial charge on any atom is 0.287 e. The van der Waals surface area contributed by atoms with Gasteiger partial charge in [-0.15, -0.1) is 0 Å². The van der Waals surface area contributed by atoms with Gasteiger partial charge in [-0.2, -0.15) is 0 Å². The summed E-state index contributed by atoms with van der Waals surface area (Å²) in [7, 11) is 1.62. The van der Waals surface area contributed by atoms with Crippen LogP contribution in [0.2, 0.25) is 0 Å². The molecular weight excluding hydrogens is 242 g/mol. The predicted molar refractivity (Wildman–Crippen MR) is 72.2 cm³/mol. The third-order valence-electron chi connectivity index (χ3n) is 2.98. The summed E-state index contributed by atoms with van der Waals surface area (Å²) in [5.41, 5.74) is 0.504. The second kappa shape index (κ2) is 5.18. The summed E-state index contributed by atoms with van der Waals surface area (Å²) < 4.78 is 10.2. The van der Waals surface area contributed by atoms with E-state index in [1.54, 1.807) is 19.2 Å². The maximum atomic E-state index is 12.0. The average molecular weight is 259 g/mol. The zero-order valence-electron chi connectivity index (χ0n) is 11.3. The highest BCUT2D eigenvalue weighted by molar-refractivity contribution is 5.91. The highest BCUT2D eigenvalue weighted by atomic mass is 16.5. The summed E-state index contributed by atoms with van der Waals surface area (Å²) >= 11 is 0. The van der Waals surface area contributed by atoms with Crippen molar-refractivity contribution in [1.82, 2.24) is 5.32 Å². The number of ether oxygens (including phenoxy) is 1. The van der Waals surface area contributed by atoms with Gasteiger partial charge < -0.3 is 14.5 Å². The molecule has 0 radical (unpaired) electrons. The highest BCUT2D eigenvalue weighted by Crippen LogP contribution is 2.23. The van der Waals surface area contributed by atoms with Gasteiger partial charge in [-0.25, -0.2) is 0 Å². The number of amides is 1. The van der Waals surface area contributed by atoms with E-state index < -0.39 is 5.54 Å². The van der Waals surface area contributed by atoms with Gasteiger partial charge in [-0.05, 0) is 43.7 Å². The Kier molecular flexibility index (Phi) is 3.60. The van der Waals surface area contributed by atoms with Crippen molar-refractivity contribution in [2.45, 2.75) is 19.4 Å². The molecule has 0 saturated heterocycles. The van der Waals surface area contributed by atoms with Crippen molar-refractivity contribution in [2.75, 3.05) is 7.11 Å². The monoisotopic (exact) mass is 259 g/mol. The van der Waals surface area contributed by atoms with E-state index in [1.165, 1.54) is 6.26 Å². The van der Waals surface area contributed by atoms with Gasteiger partial charge in [0.05, 0.1) is 18.9 Å². The van der Waals surface area contributed by atoms with Crippen LogP contribution in [0.4, 0.5) is 0 Å². The Bertz CT molecular complexity index is 541. The second-order valence-corrected chi connectivity index (χ2v) is 4.78. The molecule has 1 amide bonds. The van der Waals surface area contributed by atoms with Crippen LogP contribution >= 0.6 is 0 Å². The Morgan fingerprint density at radius 3 is 2.42 bits per heavy atom. The van der Waals surface area contributed by atoms with Crippen molar-refractivity contribution in [3.8, 4) is 5.75 Å². The number of furan rings is 1. The first-order valence-corrected chi connectivity index (χ1v) is 6.03. The Labute approximate surface area is 112 Å². The summed E-state index contributed by atoms with van der Waals surface area (Å²) in [6, 6.07) is 10.9. The van der Waals surface area contributed by atoms with Crippen molar-refractivity contribution in [3.63, 3.8) is 0 Å². The lowest BCUT2D eigenvalue weighted by atomic mass is 9.94. The smallest absolute Gasteiger partial charge is 0.287 e. The molecule has 2 rings (SSSR count). The molecule has 0 aliphatic heterocycles. The third kappa shape index (κ3) is 2.96. The van der Waals surface area contributed by atoms with E-state index in [-0.39, 0.29) is 5.91 Å². The number of nitrogens with one attached hydrogen (secondary N) is 1. The van der Waals surface area contributed by atoms with Gasteiger partial charge in [-0.1, -0.05) is 12.1 Å². The second-order valence-electron chi connectivity index (χ2n) is 4.78. The van der Waals surface area contributed by atoms with E-state index >= 15 is 0 Å². The van der Waals surface area contributed by atoms with Gasteiger partial charge >= 0.3 is 0 Å². The van der Waals surface area contributed by atoms with Crippen LogP contribution < -0.4 is 10.1 Å². The van der Waals surface area contributed by atoms with Crippen molar-refractivity contribution < 1.29 is 13.9 Å². The van der Waals surface area contributed by atoms with Crippen LogP contribution in [-0.2, 0) is 5.54 Å². The minimum atomic E-state index is -0.490. The van der Waals surface area contributed by atoms with Crippen LogP contribution in [0.15, 0.2) is 47.1 Å². The molecule has 0 atom stereocenters. The Balaban J connectivity index is 2.14. The fraction of sp³-hybridized carbons (Fsp3) is 0.267. The minimum absolute atomic E-state index is 0.231. The summed E-state index contributed by atoms with van der Waals surface area (Å²) in [5.74, 6) is 0.865. The van der Waals surface area contributed by atoms with Crippen molar-refractivity contribution in [3.05, 3.63) is 54.0 Å². The van der Waals surface area contributed by atoms with E-state index in [0.717, 1.165) is 11.3 Å². The van der Waals surface area contributed by atoms with Crippen molar-refractivity contribution in [2.24, 2.45) is 0 Å². The zero-order valence-corrected chi connectivity index (χ0v) is 11.3. The molecule has 1 aromatic heterocycles.